The highest BCUT2D eigenvalue weighted by molar-refractivity contribution is 6.03. The van der Waals surface area contributed by atoms with Crippen LogP contribution in [-0.4, -0.2) is 27.3 Å². The van der Waals surface area contributed by atoms with E-state index in [1.807, 2.05) is 6.07 Å². The summed E-state index contributed by atoms with van der Waals surface area (Å²) in [6.07, 6.45) is 0.0842. The average Bonchev–Trinajstić information content (AvgIpc) is 3.64. The van der Waals surface area contributed by atoms with E-state index in [9.17, 15) is 18.0 Å². The van der Waals surface area contributed by atoms with Gasteiger partial charge < -0.3 is 15.8 Å². The molecule has 1 saturated carbocycles. The van der Waals surface area contributed by atoms with Gasteiger partial charge in [-0.3, -0.25) is 9.78 Å². The van der Waals surface area contributed by atoms with Gasteiger partial charge in [-0.1, -0.05) is 24.3 Å². The number of amides is 1. The second-order valence-corrected chi connectivity index (χ2v) is 9.33. The van der Waals surface area contributed by atoms with Crippen molar-refractivity contribution in [1.82, 2.24) is 14.8 Å². The number of benzene rings is 2. The highest BCUT2D eigenvalue weighted by atomic mass is 19.4. The molecule has 1 atom stereocenters. The fraction of sp³-hybridized carbons (Fsp3) is 0.250. The first-order valence-electron chi connectivity index (χ1n) is 12.3. The summed E-state index contributed by atoms with van der Waals surface area (Å²) in [6.45, 7) is 0.668. The number of halogens is 4. The Bertz CT molecular complexity index is 1470. The summed E-state index contributed by atoms with van der Waals surface area (Å²) in [5.74, 6) is -1.25. The molecule has 1 unspecified atom stereocenters. The molecule has 1 aliphatic carbocycles. The molecule has 2 aromatic carbocycles. The molecule has 3 N–H and O–H groups in total. The minimum atomic E-state index is -4.79. The second kappa shape index (κ2) is 11.0. The maximum absolute atomic E-state index is 15.2. The van der Waals surface area contributed by atoms with Crippen LogP contribution in [0.3, 0.4) is 0 Å². The van der Waals surface area contributed by atoms with E-state index in [0.717, 1.165) is 23.1 Å². The van der Waals surface area contributed by atoms with E-state index in [1.54, 1.807) is 36.7 Å². The van der Waals surface area contributed by atoms with E-state index in [-0.39, 0.29) is 17.9 Å². The fourth-order valence-electron chi connectivity index (χ4n) is 4.11. The predicted molar refractivity (Wildman–Crippen MR) is 136 cm³/mol. The summed E-state index contributed by atoms with van der Waals surface area (Å²) in [4.78, 5) is 17.2. The number of hydrogen-bond donors (Lipinski definition) is 2. The second-order valence-electron chi connectivity index (χ2n) is 9.33. The molecule has 1 amide bonds. The third-order valence-electron chi connectivity index (χ3n) is 6.35. The van der Waals surface area contributed by atoms with Gasteiger partial charge in [0.05, 0.1) is 18.0 Å². The van der Waals surface area contributed by atoms with E-state index in [4.69, 9.17) is 10.5 Å². The Balaban J connectivity index is 1.43. The van der Waals surface area contributed by atoms with Crippen molar-refractivity contribution in [3.8, 4) is 5.69 Å². The molecule has 1 fully saturated rings. The first-order chi connectivity index (χ1) is 18.7. The number of pyridine rings is 1. The summed E-state index contributed by atoms with van der Waals surface area (Å²) in [5, 5.41) is 5.97. The highest BCUT2D eigenvalue weighted by Gasteiger charge is 2.36. The van der Waals surface area contributed by atoms with Gasteiger partial charge >= 0.3 is 6.18 Å². The third-order valence-corrected chi connectivity index (χ3v) is 6.35. The number of carbonyl (C=O) groups is 1. The molecule has 7 nitrogen and oxygen atoms in total. The molecule has 2 aromatic heterocycles. The SMILES string of the molecule is NCc1cccc(-n2nc(C(F)(F)F)cc2C(=O)Nc2ccc(C(OCC3CC3)c3cccnc3)cc2F)c1. The van der Waals surface area contributed by atoms with Crippen molar-refractivity contribution in [2.75, 3.05) is 11.9 Å². The van der Waals surface area contributed by atoms with Crippen LogP contribution in [0.1, 0.15) is 51.8 Å². The average molecular weight is 540 g/mol. The van der Waals surface area contributed by atoms with Crippen LogP contribution in [0.5, 0.6) is 0 Å². The molecule has 0 aliphatic heterocycles. The highest BCUT2D eigenvalue weighted by Crippen LogP contribution is 2.34. The lowest BCUT2D eigenvalue weighted by Gasteiger charge is -2.19. The Labute approximate surface area is 221 Å². The van der Waals surface area contributed by atoms with E-state index in [2.05, 4.69) is 15.4 Å². The van der Waals surface area contributed by atoms with Gasteiger partial charge in [0.1, 0.15) is 17.6 Å². The molecular weight excluding hydrogens is 514 g/mol. The molecule has 202 valence electrons. The molecule has 39 heavy (non-hydrogen) atoms. The summed E-state index contributed by atoms with van der Waals surface area (Å²) >= 11 is 0. The van der Waals surface area contributed by atoms with Gasteiger partial charge in [-0.05, 0) is 60.2 Å². The number of aromatic nitrogens is 3. The zero-order valence-electron chi connectivity index (χ0n) is 20.7. The molecule has 0 saturated heterocycles. The van der Waals surface area contributed by atoms with Crippen LogP contribution >= 0.6 is 0 Å². The first-order valence-corrected chi connectivity index (χ1v) is 12.3. The quantitative estimate of drug-likeness (QED) is 0.268. The maximum atomic E-state index is 15.2. The fourth-order valence-corrected chi connectivity index (χ4v) is 4.11. The van der Waals surface area contributed by atoms with Crippen LogP contribution in [0.15, 0.2) is 73.1 Å². The van der Waals surface area contributed by atoms with Crippen LogP contribution in [0.2, 0.25) is 0 Å². The minimum absolute atomic E-state index is 0.144. The maximum Gasteiger partial charge on any atom is 0.435 e. The lowest BCUT2D eigenvalue weighted by molar-refractivity contribution is -0.141. The molecule has 4 aromatic rings. The van der Waals surface area contributed by atoms with Gasteiger partial charge in [0.2, 0.25) is 0 Å². The van der Waals surface area contributed by atoms with Crippen LogP contribution < -0.4 is 11.1 Å². The lowest BCUT2D eigenvalue weighted by Crippen LogP contribution is -2.18. The number of rotatable bonds is 9. The van der Waals surface area contributed by atoms with Gasteiger partial charge in [0.25, 0.3) is 5.91 Å². The Morgan fingerprint density at radius 1 is 1.10 bits per heavy atom. The standard InChI is InChI=1S/C28H25F4N5O2/c29-22-12-19(26(39-16-17-6-7-17)20-4-2-10-34-15-20)8-9-23(22)35-27(38)24-13-25(28(30,31)32)36-37(24)21-5-1-3-18(11-21)14-33/h1-5,8-13,15,17,26H,6-7,14,16,33H2,(H,35,38). The van der Waals surface area contributed by atoms with E-state index < -0.39 is 35.4 Å². The molecular formula is C28H25F4N5O2. The van der Waals surface area contributed by atoms with E-state index >= 15 is 4.39 Å². The topological polar surface area (TPSA) is 95.1 Å². The number of nitrogens with one attached hydrogen (secondary N) is 1. The van der Waals surface area contributed by atoms with Crippen LogP contribution in [0.25, 0.3) is 5.69 Å². The summed E-state index contributed by atoms with van der Waals surface area (Å²) in [5.41, 5.74) is 5.89. The Kier molecular flexibility index (Phi) is 7.45. The number of alkyl halides is 3. The van der Waals surface area contributed by atoms with Crippen molar-refractivity contribution < 1.29 is 27.1 Å². The number of nitrogens with zero attached hydrogens (tertiary/aromatic N) is 3. The Morgan fingerprint density at radius 3 is 2.59 bits per heavy atom. The molecule has 1 aliphatic rings. The van der Waals surface area contributed by atoms with Crippen molar-refractivity contribution in [3.63, 3.8) is 0 Å². The number of nitrogens with two attached hydrogens (primary N) is 1. The Morgan fingerprint density at radius 2 is 1.92 bits per heavy atom. The molecule has 0 spiro atoms. The molecule has 5 rings (SSSR count). The Hall–Kier alpha value is -4.09. The van der Waals surface area contributed by atoms with Gasteiger partial charge in [0.15, 0.2) is 5.69 Å². The van der Waals surface area contributed by atoms with Gasteiger partial charge in [0, 0.05) is 30.6 Å². The third kappa shape index (κ3) is 6.15. The van der Waals surface area contributed by atoms with Crippen molar-refractivity contribution in [2.45, 2.75) is 31.7 Å². The summed E-state index contributed by atoms with van der Waals surface area (Å²) in [7, 11) is 0. The van der Waals surface area contributed by atoms with Crippen molar-refractivity contribution in [3.05, 3.63) is 107 Å². The van der Waals surface area contributed by atoms with Crippen LogP contribution in [0.4, 0.5) is 23.2 Å². The number of carbonyl (C=O) groups excluding carboxylic acids is 1. The smallest absolute Gasteiger partial charge is 0.368 e. The lowest BCUT2D eigenvalue weighted by atomic mass is 10.0. The molecule has 0 bridgehead atoms. The van der Waals surface area contributed by atoms with Crippen LogP contribution in [0, 0.1) is 11.7 Å². The van der Waals surface area contributed by atoms with Crippen molar-refractivity contribution in [2.24, 2.45) is 11.7 Å². The monoisotopic (exact) mass is 539 g/mol. The number of hydrogen-bond acceptors (Lipinski definition) is 5. The number of ether oxygens (including phenoxy) is 1. The largest absolute Gasteiger partial charge is 0.435 e. The number of anilines is 1. The van der Waals surface area contributed by atoms with Gasteiger partial charge in [-0.2, -0.15) is 18.3 Å². The first kappa shape index (κ1) is 26.5. The van der Waals surface area contributed by atoms with Gasteiger partial charge in [-0.15, -0.1) is 0 Å². The summed E-state index contributed by atoms with van der Waals surface area (Å²) in [6, 6.07) is 14.7. The zero-order chi connectivity index (χ0) is 27.6. The molecule has 11 heteroatoms. The molecule has 0 radical (unpaired) electrons. The van der Waals surface area contributed by atoms with E-state index in [0.29, 0.717) is 29.7 Å². The van der Waals surface area contributed by atoms with Crippen molar-refractivity contribution >= 4 is 11.6 Å². The molecule has 2 heterocycles. The minimum Gasteiger partial charge on any atom is -0.368 e. The zero-order valence-corrected chi connectivity index (χ0v) is 20.7. The summed E-state index contributed by atoms with van der Waals surface area (Å²) < 4.78 is 62.6. The predicted octanol–water partition coefficient (Wildman–Crippen LogP) is 5.65. The van der Waals surface area contributed by atoms with E-state index in [1.165, 1.54) is 24.3 Å². The van der Waals surface area contributed by atoms with Gasteiger partial charge in [-0.25, -0.2) is 9.07 Å². The van der Waals surface area contributed by atoms with Crippen LogP contribution in [-0.2, 0) is 17.5 Å². The van der Waals surface area contributed by atoms with Crippen molar-refractivity contribution in [1.29, 1.82) is 0 Å². The normalized spacial score (nSPS) is 14.3.